The number of benzene rings is 1. The molecule has 3 aromatic rings. The summed E-state index contributed by atoms with van der Waals surface area (Å²) in [5, 5.41) is 10.8. The van der Waals surface area contributed by atoms with Crippen molar-refractivity contribution in [2.45, 2.75) is 44.8 Å². The first-order valence-corrected chi connectivity index (χ1v) is 12.7. The summed E-state index contributed by atoms with van der Waals surface area (Å²) >= 11 is 13.3. The fraction of sp³-hybridized carbons (Fsp3) is 0.423. The minimum Gasteiger partial charge on any atom is -0.484 e. The molecule has 3 atom stereocenters. The summed E-state index contributed by atoms with van der Waals surface area (Å²) in [6.07, 6.45) is 1.78. The summed E-state index contributed by atoms with van der Waals surface area (Å²) in [7, 11) is 1.71. The molecule has 35 heavy (non-hydrogen) atoms. The van der Waals surface area contributed by atoms with Gasteiger partial charge >= 0.3 is 0 Å². The lowest BCUT2D eigenvalue weighted by atomic mass is 9.94. The molecule has 2 aliphatic rings. The Balaban J connectivity index is 1.61. The van der Waals surface area contributed by atoms with Crippen LogP contribution in [0, 0.1) is 11.3 Å². The lowest BCUT2D eigenvalue weighted by molar-refractivity contribution is 0.0721. The predicted octanol–water partition coefficient (Wildman–Crippen LogP) is 4.92. The van der Waals surface area contributed by atoms with Gasteiger partial charge in [-0.2, -0.15) is 5.26 Å². The van der Waals surface area contributed by atoms with Gasteiger partial charge in [-0.1, -0.05) is 43.1 Å². The number of nitriles is 1. The van der Waals surface area contributed by atoms with E-state index >= 15 is 0 Å². The zero-order chi connectivity index (χ0) is 24.9. The smallest absolute Gasteiger partial charge is 0.295 e. The summed E-state index contributed by atoms with van der Waals surface area (Å²) in [5.74, 6) is 0.309. The molecule has 5 rings (SSSR count). The third kappa shape index (κ3) is 3.85. The quantitative estimate of drug-likeness (QED) is 0.494. The van der Waals surface area contributed by atoms with E-state index < -0.39 is 0 Å². The average molecular weight is 512 g/mol. The summed E-state index contributed by atoms with van der Waals surface area (Å²) < 4.78 is 7.64. The number of halogens is 2. The minimum absolute atomic E-state index is 0.0171. The summed E-state index contributed by atoms with van der Waals surface area (Å²) in [6, 6.07) is 11.5. The fourth-order valence-electron chi connectivity index (χ4n) is 5.57. The molecule has 0 spiro atoms. The van der Waals surface area contributed by atoms with Crippen LogP contribution in [0.5, 0.6) is 5.75 Å². The van der Waals surface area contributed by atoms with Crippen LogP contribution in [0.2, 0.25) is 10.0 Å². The van der Waals surface area contributed by atoms with Crippen molar-refractivity contribution < 1.29 is 4.74 Å². The first kappa shape index (κ1) is 23.9. The molecule has 0 aliphatic carbocycles. The number of aryl methyl sites for hydroxylation is 1. The normalized spacial score (nSPS) is 20.6. The second kappa shape index (κ2) is 9.34. The van der Waals surface area contributed by atoms with Crippen LogP contribution < -0.4 is 15.2 Å². The van der Waals surface area contributed by atoms with Gasteiger partial charge in [-0.15, -0.1) is 0 Å². The predicted molar refractivity (Wildman–Crippen MR) is 139 cm³/mol. The molecule has 1 fully saturated rings. The second-order valence-corrected chi connectivity index (χ2v) is 9.97. The van der Waals surface area contributed by atoms with Crippen molar-refractivity contribution in [1.29, 1.82) is 5.26 Å². The van der Waals surface area contributed by atoms with Gasteiger partial charge in [0.15, 0.2) is 0 Å². The Bertz CT molecular complexity index is 1380. The van der Waals surface area contributed by atoms with E-state index in [0.717, 1.165) is 24.9 Å². The van der Waals surface area contributed by atoms with Crippen LogP contribution in [0.1, 0.15) is 44.0 Å². The Morgan fingerprint density at radius 1 is 1.20 bits per heavy atom. The number of hydrogen-bond donors (Lipinski definition) is 0. The highest BCUT2D eigenvalue weighted by Gasteiger charge is 2.42. The lowest BCUT2D eigenvalue weighted by Gasteiger charge is -2.51. The van der Waals surface area contributed by atoms with E-state index in [1.165, 1.54) is 0 Å². The van der Waals surface area contributed by atoms with Gasteiger partial charge in [-0.3, -0.25) is 9.69 Å². The SMILES string of the molecule is CC[C@@H]1CN2c3c(c(=O)n(C)c4ccc(C#N)nc34)OC[C@@H]2CN1[C@H](CC)c1c(Cl)cccc1Cl. The van der Waals surface area contributed by atoms with E-state index in [9.17, 15) is 10.1 Å². The Morgan fingerprint density at radius 2 is 1.94 bits per heavy atom. The number of hydrogen-bond acceptors (Lipinski definition) is 6. The molecule has 0 N–H and O–H groups in total. The molecule has 2 aromatic heterocycles. The highest BCUT2D eigenvalue weighted by molar-refractivity contribution is 6.36. The number of piperazine rings is 1. The topological polar surface area (TPSA) is 74.4 Å². The zero-order valence-corrected chi connectivity index (χ0v) is 21.5. The molecule has 0 unspecified atom stereocenters. The molecule has 0 amide bonds. The largest absolute Gasteiger partial charge is 0.484 e. The maximum absolute atomic E-state index is 13.2. The van der Waals surface area contributed by atoms with Crippen molar-refractivity contribution in [2.24, 2.45) is 7.05 Å². The third-order valence-corrected chi connectivity index (χ3v) is 7.98. The van der Waals surface area contributed by atoms with E-state index in [0.29, 0.717) is 51.4 Å². The summed E-state index contributed by atoms with van der Waals surface area (Å²) in [4.78, 5) is 22.5. The molecule has 0 saturated carbocycles. The van der Waals surface area contributed by atoms with Crippen molar-refractivity contribution in [3.05, 3.63) is 62.0 Å². The molecular formula is C26H27Cl2N5O2. The van der Waals surface area contributed by atoms with E-state index in [4.69, 9.17) is 27.9 Å². The van der Waals surface area contributed by atoms with Crippen molar-refractivity contribution in [1.82, 2.24) is 14.5 Å². The van der Waals surface area contributed by atoms with Crippen molar-refractivity contribution in [2.75, 3.05) is 24.6 Å². The highest BCUT2D eigenvalue weighted by Crippen LogP contribution is 2.43. The first-order chi connectivity index (χ1) is 16.9. The maximum atomic E-state index is 13.2. The fourth-order valence-corrected chi connectivity index (χ4v) is 6.22. The minimum atomic E-state index is -0.192. The van der Waals surface area contributed by atoms with E-state index in [1.807, 2.05) is 18.2 Å². The van der Waals surface area contributed by atoms with E-state index in [-0.39, 0.29) is 23.7 Å². The first-order valence-electron chi connectivity index (χ1n) is 11.9. The van der Waals surface area contributed by atoms with Gasteiger partial charge in [-0.25, -0.2) is 4.98 Å². The van der Waals surface area contributed by atoms with Crippen LogP contribution in [-0.2, 0) is 7.05 Å². The molecule has 2 aliphatic heterocycles. The standard InChI is InChI=1S/C26H27Cl2N5O2/c1-4-16-12-33-17(13-32(16)20(5-2)22-18(27)7-6-8-19(22)28)14-35-25-24(33)23-21(31(3)26(25)34)10-9-15(11-29)30-23/h6-10,16-17,20H,4-5,12-14H2,1-3H3/t16-,17+,20-/m1/s1. The average Bonchev–Trinajstić information content (AvgIpc) is 2.87. The molecule has 1 saturated heterocycles. The Kier molecular flexibility index (Phi) is 6.39. The zero-order valence-electron chi connectivity index (χ0n) is 20.0. The number of anilines is 1. The van der Waals surface area contributed by atoms with Gasteiger partial charge in [0.05, 0.1) is 11.6 Å². The Hall–Kier alpha value is -2.79. The van der Waals surface area contributed by atoms with Crippen LogP contribution in [0.25, 0.3) is 11.0 Å². The Labute approximate surface area is 214 Å². The van der Waals surface area contributed by atoms with Crippen LogP contribution in [0.4, 0.5) is 5.69 Å². The molecule has 9 heteroatoms. The number of ether oxygens (including phenoxy) is 1. The third-order valence-electron chi connectivity index (χ3n) is 7.33. The number of pyridine rings is 2. The van der Waals surface area contributed by atoms with Gasteiger partial charge < -0.3 is 14.2 Å². The molecule has 4 heterocycles. The van der Waals surface area contributed by atoms with Crippen LogP contribution in [0.3, 0.4) is 0 Å². The number of nitrogens with zero attached hydrogens (tertiary/aromatic N) is 5. The van der Waals surface area contributed by atoms with E-state index in [1.54, 1.807) is 23.7 Å². The molecule has 7 nitrogen and oxygen atoms in total. The van der Waals surface area contributed by atoms with Crippen molar-refractivity contribution in [3.63, 3.8) is 0 Å². The van der Waals surface area contributed by atoms with E-state index in [2.05, 4.69) is 34.7 Å². The van der Waals surface area contributed by atoms with Gasteiger partial charge in [0.2, 0.25) is 5.75 Å². The number of rotatable bonds is 4. The monoisotopic (exact) mass is 511 g/mol. The van der Waals surface area contributed by atoms with Gasteiger partial charge in [0, 0.05) is 47.8 Å². The van der Waals surface area contributed by atoms with Crippen LogP contribution >= 0.6 is 23.2 Å². The maximum Gasteiger partial charge on any atom is 0.295 e. The summed E-state index contributed by atoms with van der Waals surface area (Å²) in [6.45, 7) is 6.16. The van der Waals surface area contributed by atoms with Crippen LogP contribution in [-0.4, -0.2) is 46.2 Å². The summed E-state index contributed by atoms with van der Waals surface area (Å²) in [5.41, 5.74) is 3.07. The van der Waals surface area contributed by atoms with Crippen molar-refractivity contribution in [3.8, 4) is 11.8 Å². The van der Waals surface area contributed by atoms with Gasteiger partial charge in [0.25, 0.3) is 5.56 Å². The molecule has 0 bridgehead atoms. The second-order valence-electron chi connectivity index (χ2n) is 9.15. The molecule has 1 aromatic carbocycles. The van der Waals surface area contributed by atoms with Gasteiger partial charge in [-0.05, 0) is 37.1 Å². The lowest BCUT2D eigenvalue weighted by Crippen LogP contribution is -2.62. The Morgan fingerprint density at radius 3 is 2.60 bits per heavy atom. The van der Waals surface area contributed by atoms with Gasteiger partial charge in [0.1, 0.15) is 29.6 Å². The number of aromatic nitrogens is 2. The van der Waals surface area contributed by atoms with Crippen LogP contribution in [0.15, 0.2) is 35.1 Å². The number of fused-ring (bicyclic) bond motifs is 5. The molecular weight excluding hydrogens is 485 g/mol. The highest BCUT2D eigenvalue weighted by atomic mass is 35.5. The van der Waals surface area contributed by atoms with Crippen molar-refractivity contribution >= 4 is 39.9 Å². The molecule has 0 radical (unpaired) electrons. The molecule has 182 valence electrons.